The molecule has 2 heterocycles. The van der Waals surface area contributed by atoms with Crippen LogP contribution in [0.2, 0.25) is 5.02 Å². The number of aromatic nitrogens is 1. The predicted octanol–water partition coefficient (Wildman–Crippen LogP) is 4.74. The topological polar surface area (TPSA) is 49.4 Å². The summed E-state index contributed by atoms with van der Waals surface area (Å²) in [6, 6.07) is 19.2. The summed E-state index contributed by atoms with van der Waals surface area (Å²) < 4.78 is 5.49. The van der Waals surface area contributed by atoms with Crippen molar-refractivity contribution in [2.45, 2.75) is 25.4 Å². The van der Waals surface area contributed by atoms with E-state index in [0.29, 0.717) is 11.1 Å². The molecule has 6 heteroatoms. The van der Waals surface area contributed by atoms with E-state index in [1.165, 1.54) is 5.56 Å². The summed E-state index contributed by atoms with van der Waals surface area (Å²) in [5.41, 5.74) is 3.33. The predicted molar refractivity (Wildman–Crippen MR) is 129 cm³/mol. The van der Waals surface area contributed by atoms with Gasteiger partial charge in [0.1, 0.15) is 0 Å². The zero-order chi connectivity index (χ0) is 21.5. The van der Waals surface area contributed by atoms with Crippen LogP contribution in [0.4, 0.5) is 5.69 Å². The molecule has 0 amide bonds. The van der Waals surface area contributed by atoms with Crippen LogP contribution in [0.15, 0.2) is 60.8 Å². The minimum absolute atomic E-state index is 0.260. The molecule has 4 rings (SSSR count). The van der Waals surface area contributed by atoms with Crippen LogP contribution in [0.5, 0.6) is 0 Å². The molecule has 3 aromatic rings. The van der Waals surface area contributed by atoms with Crippen molar-refractivity contribution in [2.24, 2.45) is 0 Å². The van der Waals surface area contributed by atoms with Crippen molar-refractivity contribution in [2.75, 3.05) is 44.7 Å². The Morgan fingerprint density at radius 3 is 2.71 bits per heavy atom. The number of rotatable bonds is 9. The molecule has 1 aromatic heterocycles. The maximum atomic E-state index is 6.12. The normalized spacial score (nSPS) is 16.8. The zero-order valence-corrected chi connectivity index (χ0v) is 18.8. The number of halogens is 1. The number of benzene rings is 2. The van der Waals surface area contributed by atoms with E-state index in [-0.39, 0.29) is 6.04 Å². The molecule has 0 radical (unpaired) electrons. The highest BCUT2D eigenvalue weighted by Gasteiger charge is 2.16. The number of hydrogen-bond acceptors (Lipinski definition) is 5. The summed E-state index contributed by atoms with van der Waals surface area (Å²) >= 11 is 6.12. The SMILES string of the molecule is CC(CNC(CCN1CCOCC1)c1ccccc1)Nc1ccnc2cc(Cl)ccc12. The lowest BCUT2D eigenvalue weighted by atomic mass is 10.0. The molecular weight excluding hydrogens is 408 g/mol. The van der Waals surface area contributed by atoms with Crippen LogP contribution in [0.25, 0.3) is 10.9 Å². The fourth-order valence-electron chi connectivity index (χ4n) is 4.09. The first-order valence-electron chi connectivity index (χ1n) is 11.1. The molecule has 31 heavy (non-hydrogen) atoms. The van der Waals surface area contributed by atoms with E-state index < -0.39 is 0 Å². The minimum Gasteiger partial charge on any atom is -0.381 e. The first-order chi connectivity index (χ1) is 15.2. The van der Waals surface area contributed by atoms with Crippen molar-refractivity contribution >= 4 is 28.2 Å². The molecule has 2 aromatic carbocycles. The second-order valence-electron chi connectivity index (χ2n) is 8.18. The molecule has 1 fully saturated rings. The largest absolute Gasteiger partial charge is 0.381 e. The summed E-state index contributed by atoms with van der Waals surface area (Å²) in [5.74, 6) is 0. The molecule has 2 atom stereocenters. The standard InChI is InChI=1S/C25H31ClN4O/c1-19(29-24-9-11-27-25-17-21(26)7-8-22(24)25)18-28-23(20-5-3-2-4-6-20)10-12-30-13-15-31-16-14-30/h2-9,11,17,19,23,28H,10,12-16,18H2,1H3,(H,27,29). The Bertz CT molecular complexity index is 962. The molecule has 5 nitrogen and oxygen atoms in total. The number of nitrogens with one attached hydrogen (secondary N) is 2. The van der Waals surface area contributed by atoms with Gasteiger partial charge < -0.3 is 15.4 Å². The van der Waals surface area contributed by atoms with Gasteiger partial charge in [-0.25, -0.2) is 0 Å². The first kappa shape index (κ1) is 22.0. The van der Waals surface area contributed by atoms with Gasteiger partial charge >= 0.3 is 0 Å². The Labute approximate surface area is 189 Å². The maximum Gasteiger partial charge on any atom is 0.0737 e. The van der Waals surface area contributed by atoms with Crippen LogP contribution >= 0.6 is 11.6 Å². The summed E-state index contributed by atoms with van der Waals surface area (Å²) in [5, 5.41) is 9.23. The Morgan fingerprint density at radius 2 is 1.90 bits per heavy atom. The van der Waals surface area contributed by atoms with Gasteiger partial charge in [0, 0.05) is 60.6 Å². The summed E-state index contributed by atoms with van der Waals surface area (Å²) in [4.78, 5) is 6.94. The molecule has 1 saturated heterocycles. The van der Waals surface area contributed by atoms with E-state index in [1.807, 2.05) is 30.5 Å². The number of hydrogen-bond donors (Lipinski definition) is 2. The Kier molecular flexibility index (Phi) is 7.76. The van der Waals surface area contributed by atoms with Crippen molar-refractivity contribution in [3.8, 4) is 0 Å². The van der Waals surface area contributed by atoms with Crippen molar-refractivity contribution in [1.29, 1.82) is 0 Å². The van der Waals surface area contributed by atoms with Crippen LogP contribution in [-0.4, -0.2) is 55.3 Å². The van der Waals surface area contributed by atoms with Gasteiger partial charge in [0.05, 0.1) is 18.7 Å². The van der Waals surface area contributed by atoms with Crippen LogP contribution in [0.3, 0.4) is 0 Å². The second-order valence-corrected chi connectivity index (χ2v) is 8.62. The molecule has 0 aliphatic carbocycles. The average Bonchev–Trinajstić information content (AvgIpc) is 2.80. The van der Waals surface area contributed by atoms with Gasteiger partial charge in [0.25, 0.3) is 0 Å². The van der Waals surface area contributed by atoms with Gasteiger partial charge in [-0.1, -0.05) is 41.9 Å². The Balaban J connectivity index is 1.38. The van der Waals surface area contributed by atoms with E-state index in [4.69, 9.17) is 16.3 Å². The van der Waals surface area contributed by atoms with Crippen LogP contribution < -0.4 is 10.6 Å². The first-order valence-corrected chi connectivity index (χ1v) is 11.5. The highest BCUT2D eigenvalue weighted by Crippen LogP contribution is 2.25. The van der Waals surface area contributed by atoms with E-state index in [1.54, 1.807) is 0 Å². The number of pyridine rings is 1. The molecule has 1 aliphatic rings. The molecule has 2 unspecified atom stereocenters. The Morgan fingerprint density at radius 1 is 1.10 bits per heavy atom. The molecular formula is C25H31ClN4O. The summed E-state index contributed by atoms with van der Waals surface area (Å²) in [7, 11) is 0. The highest BCUT2D eigenvalue weighted by molar-refractivity contribution is 6.31. The van der Waals surface area contributed by atoms with Gasteiger partial charge in [-0.3, -0.25) is 9.88 Å². The number of nitrogens with zero attached hydrogens (tertiary/aromatic N) is 2. The van der Waals surface area contributed by atoms with Gasteiger partial charge in [-0.15, -0.1) is 0 Å². The van der Waals surface area contributed by atoms with Crippen molar-refractivity contribution in [3.63, 3.8) is 0 Å². The monoisotopic (exact) mass is 438 g/mol. The molecule has 0 spiro atoms. The lowest BCUT2D eigenvalue weighted by Crippen LogP contribution is -2.39. The van der Waals surface area contributed by atoms with Crippen molar-refractivity contribution in [3.05, 3.63) is 71.4 Å². The zero-order valence-electron chi connectivity index (χ0n) is 18.1. The fourth-order valence-corrected chi connectivity index (χ4v) is 4.26. The molecule has 0 saturated carbocycles. The summed E-state index contributed by atoms with van der Waals surface area (Å²) in [6.07, 6.45) is 2.91. The van der Waals surface area contributed by atoms with E-state index in [9.17, 15) is 0 Å². The third-order valence-electron chi connectivity index (χ3n) is 5.82. The highest BCUT2D eigenvalue weighted by atomic mass is 35.5. The lowest BCUT2D eigenvalue weighted by Gasteiger charge is -2.29. The third-order valence-corrected chi connectivity index (χ3v) is 6.05. The quantitative estimate of drug-likeness (QED) is 0.505. The van der Waals surface area contributed by atoms with Gasteiger partial charge in [-0.2, -0.15) is 0 Å². The number of ether oxygens (including phenoxy) is 1. The fraction of sp³-hybridized carbons (Fsp3) is 0.400. The number of morpholine rings is 1. The average molecular weight is 439 g/mol. The van der Waals surface area contributed by atoms with E-state index in [2.05, 4.69) is 57.8 Å². The molecule has 0 bridgehead atoms. The van der Waals surface area contributed by atoms with Gasteiger partial charge in [-0.05, 0) is 43.2 Å². The van der Waals surface area contributed by atoms with Gasteiger partial charge in [0.15, 0.2) is 0 Å². The van der Waals surface area contributed by atoms with Crippen LogP contribution in [0, 0.1) is 0 Å². The molecule has 2 N–H and O–H groups in total. The Hall–Kier alpha value is -2.18. The van der Waals surface area contributed by atoms with Crippen LogP contribution in [-0.2, 0) is 4.74 Å². The maximum absolute atomic E-state index is 6.12. The summed E-state index contributed by atoms with van der Waals surface area (Å²) in [6.45, 7) is 7.88. The van der Waals surface area contributed by atoms with E-state index in [0.717, 1.165) is 62.4 Å². The van der Waals surface area contributed by atoms with E-state index >= 15 is 0 Å². The number of anilines is 1. The smallest absolute Gasteiger partial charge is 0.0737 e. The lowest BCUT2D eigenvalue weighted by molar-refractivity contribution is 0.0361. The molecule has 164 valence electrons. The van der Waals surface area contributed by atoms with Crippen molar-refractivity contribution in [1.82, 2.24) is 15.2 Å². The van der Waals surface area contributed by atoms with Crippen LogP contribution in [0.1, 0.15) is 24.9 Å². The van der Waals surface area contributed by atoms with Gasteiger partial charge in [0.2, 0.25) is 0 Å². The minimum atomic E-state index is 0.260. The molecule has 1 aliphatic heterocycles. The third kappa shape index (κ3) is 6.17. The second kappa shape index (κ2) is 10.9. The number of fused-ring (bicyclic) bond motifs is 1. The van der Waals surface area contributed by atoms with Crippen molar-refractivity contribution < 1.29 is 4.74 Å².